The normalized spacial score (nSPS) is 10.6. The Labute approximate surface area is 171 Å². The van der Waals surface area contributed by atoms with Crippen LogP contribution in [0.3, 0.4) is 0 Å². The average molecular weight is 393 g/mol. The highest BCUT2D eigenvalue weighted by molar-refractivity contribution is 6.04. The highest BCUT2D eigenvalue weighted by Gasteiger charge is 2.13. The summed E-state index contributed by atoms with van der Waals surface area (Å²) in [5, 5.41) is 7.21. The van der Waals surface area contributed by atoms with Gasteiger partial charge in [-0.05, 0) is 36.6 Å². The van der Waals surface area contributed by atoms with Crippen molar-refractivity contribution in [2.24, 2.45) is 0 Å². The van der Waals surface area contributed by atoms with Crippen LogP contribution in [0.5, 0.6) is 11.5 Å². The molecule has 6 heteroatoms. The van der Waals surface area contributed by atoms with Crippen molar-refractivity contribution in [1.82, 2.24) is 9.78 Å². The summed E-state index contributed by atoms with van der Waals surface area (Å²) in [6.45, 7) is 5.91. The van der Waals surface area contributed by atoms with Crippen molar-refractivity contribution in [3.8, 4) is 11.5 Å². The lowest BCUT2D eigenvalue weighted by Gasteiger charge is -2.13. The lowest BCUT2D eigenvalue weighted by molar-refractivity contribution is 0.102. The van der Waals surface area contributed by atoms with Crippen LogP contribution in [0.25, 0.3) is 0 Å². The Morgan fingerprint density at radius 3 is 2.45 bits per heavy atom. The number of nitrogens with one attached hydrogen (secondary N) is 1. The molecule has 0 atom stereocenters. The van der Waals surface area contributed by atoms with Gasteiger partial charge in [-0.25, -0.2) is 0 Å². The van der Waals surface area contributed by atoms with Crippen LogP contribution >= 0.6 is 0 Å². The fourth-order valence-electron chi connectivity index (χ4n) is 2.79. The summed E-state index contributed by atoms with van der Waals surface area (Å²) < 4.78 is 13.3. The van der Waals surface area contributed by atoms with Crippen LogP contribution in [-0.2, 0) is 6.54 Å². The molecule has 1 amide bonds. The number of ether oxygens (including phenoxy) is 2. The molecular weight excluding hydrogens is 366 g/mol. The second-order valence-corrected chi connectivity index (χ2v) is 6.72. The predicted octanol–water partition coefficient (Wildman–Crippen LogP) is 4.76. The summed E-state index contributed by atoms with van der Waals surface area (Å²) in [7, 11) is 0. The molecule has 0 fully saturated rings. The fourth-order valence-corrected chi connectivity index (χ4v) is 2.79. The molecule has 3 aromatic rings. The summed E-state index contributed by atoms with van der Waals surface area (Å²) in [4.78, 5) is 12.7. The molecule has 0 unspecified atom stereocenters. The number of carbonyl (C=O) groups excluding carboxylic acids is 1. The Balaban J connectivity index is 1.68. The second kappa shape index (κ2) is 10.3. The summed E-state index contributed by atoms with van der Waals surface area (Å²) in [5.74, 6) is 1.04. The third-order valence-corrected chi connectivity index (χ3v) is 4.21. The molecule has 29 heavy (non-hydrogen) atoms. The second-order valence-electron chi connectivity index (χ2n) is 6.72. The summed E-state index contributed by atoms with van der Waals surface area (Å²) >= 11 is 0. The standard InChI is InChI=1S/C23H27N3O3/c1-3-12-28-21-11-10-19(14-22(21)29-13-4-2)23(27)25-20-15-24-26(17-20)16-18-8-6-5-7-9-18/h5-11,14-15,17H,3-4,12-13,16H2,1-2H3,(H,25,27). The Morgan fingerprint density at radius 2 is 1.72 bits per heavy atom. The van der Waals surface area contributed by atoms with Gasteiger partial charge in [-0.3, -0.25) is 9.48 Å². The molecule has 0 saturated heterocycles. The van der Waals surface area contributed by atoms with Crippen molar-refractivity contribution < 1.29 is 14.3 Å². The van der Waals surface area contributed by atoms with Crippen LogP contribution in [-0.4, -0.2) is 28.9 Å². The van der Waals surface area contributed by atoms with Crippen molar-refractivity contribution in [3.63, 3.8) is 0 Å². The molecule has 0 aliphatic rings. The summed E-state index contributed by atoms with van der Waals surface area (Å²) in [5.41, 5.74) is 2.30. The van der Waals surface area contributed by atoms with E-state index in [-0.39, 0.29) is 5.91 Å². The first kappa shape index (κ1) is 20.5. The van der Waals surface area contributed by atoms with E-state index < -0.39 is 0 Å². The number of aromatic nitrogens is 2. The van der Waals surface area contributed by atoms with Crippen LogP contribution in [0.4, 0.5) is 5.69 Å². The van der Waals surface area contributed by atoms with Gasteiger partial charge in [-0.1, -0.05) is 44.2 Å². The van der Waals surface area contributed by atoms with Crippen molar-refractivity contribution in [2.45, 2.75) is 33.2 Å². The first-order valence-electron chi connectivity index (χ1n) is 9.97. The first-order valence-corrected chi connectivity index (χ1v) is 9.97. The Kier molecular flexibility index (Phi) is 7.28. The Hall–Kier alpha value is -3.28. The van der Waals surface area contributed by atoms with Gasteiger partial charge in [0, 0.05) is 11.8 Å². The molecule has 0 saturated carbocycles. The van der Waals surface area contributed by atoms with Gasteiger partial charge in [0.2, 0.25) is 0 Å². The van der Waals surface area contributed by atoms with Gasteiger partial charge in [0.15, 0.2) is 11.5 Å². The number of benzene rings is 2. The van der Waals surface area contributed by atoms with Crippen molar-refractivity contribution in [1.29, 1.82) is 0 Å². The Bertz CT molecular complexity index is 922. The molecule has 1 N–H and O–H groups in total. The van der Waals surface area contributed by atoms with E-state index in [4.69, 9.17) is 9.47 Å². The summed E-state index contributed by atoms with van der Waals surface area (Å²) in [6, 6.07) is 15.3. The van der Waals surface area contributed by atoms with Gasteiger partial charge < -0.3 is 14.8 Å². The van der Waals surface area contributed by atoms with Gasteiger partial charge >= 0.3 is 0 Å². The minimum atomic E-state index is -0.215. The molecule has 6 nitrogen and oxygen atoms in total. The van der Waals surface area contributed by atoms with Gasteiger partial charge in [0.05, 0.1) is 31.6 Å². The molecule has 0 spiro atoms. The summed E-state index contributed by atoms with van der Waals surface area (Å²) in [6.07, 6.45) is 5.25. The van der Waals surface area contributed by atoms with Crippen molar-refractivity contribution in [3.05, 3.63) is 72.1 Å². The monoisotopic (exact) mass is 393 g/mol. The van der Waals surface area contributed by atoms with Gasteiger partial charge in [0.1, 0.15) is 0 Å². The van der Waals surface area contributed by atoms with E-state index in [1.807, 2.05) is 50.4 Å². The zero-order chi connectivity index (χ0) is 20.5. The molecule has 1 heterocycles. The van der Waals surface area contributed by atoms with Gasteiger partial charge in [-0.2, -0.15) is 5.10 Å². The third kappa shape index (κ3) is 5.85. The number of carbonyl (C=O) groups is 1. The zero-order valence-electron chi connectivity index (χ0n) is 16.9. The molecular formula is C23H27N3O3. The highest BCUT2D eigenvalue weighted by atomic mass is 16.5. The minimum absolute atomic E-state index is 0.215. The number of amides is 1. The topological polar surface area (TPSA) is 65.4 Å². The predicted molar refractivity (Wildman–Crippen MR) is 114 cm³/mol. The molecule has 2 aromatic carbocycles. The maximum absolute atomic E-state index is 12.7. The average Bonchev–Trinajstić information content (AvgIpc) is 3.18. The Morgan fingerprint density at radius 1 is 1.00 bits per heavy atom. The van der Waals surface area contributed by atoms with E-state index in [1.54, 1.807) is 29.1 Å². The van der Waals surface area contributed by atoms with E-state index in [2.05, 4.69) is 10.4 Å². The van der Waals surface area contributed by atoms with Crippen LogP contribution in [0.2, 0.25) is 0 Å². The highest BCUT2D eigenvalue weighted by Crippen LogP contribution is 2.29. The minimum Gasteiger partial charge on any atom is -0.490 e. The van der Waals surface area contributed by atoms with E-state index in [9.17, 15) is 4.79 Å². The van der Waals surface area contributed by atoms with E-state index >= 15 is 0 Å². The maximum atomic E-state index is 12.7. The van der Waals surface area contributed by atoms with Crippen LogP contribution < -0.4 is 14.8 Å². The van der Waals surface area contributed by atoms with Gasteiger partial charge in [0.25, 0.3) is 5.91 Å². The van der Waals surface area contributed by atoms with E-state index in [0.717, 1.165) is 18.4 Å². The van der Waals surface area contributed by atoms with Crippen molar-refractivity contribution >= 4 is 11.6 Å². The first-order chi connectivity index (χ1) is 14.2. The van der Waals surface area contributed by atoms with Crippen LogP contribution in [0, 0.1) is 0 Å². The third-order valence-electron chi connectivity index (χ3n) is 4.21. The maximum Gasteiger partial charge on any atom is 0.255 e. The van der Waals surface area contributed by atoms with Crippen LogP contribution in [0.1, 0.15) is 42.6 Å². The molecule has 152 valence electrons. The SMILES string of the molecule is CCCOc1ccc(C(=O)Nc2cnn(Cc3ccccc3)c2)cc1OCCC. The lowest BCUT2D eigenvalue weighted by Crippen LogP contribution is -2.12. The van der Waals surface area contributed by atoms with Crippen LogP contribution in [0.15, 0.2) is 60.9 Å². The molecule has 0 bridgehead atoms. The molecule has 0 aliphatic heterocycles. The number of hydrogen-bond acceptors (Lipinski definition) is 4. The number of anilines is 1. The molecule has 1 aromatic heterocycles. The quantitative estimate of drug-likeness (QED) is 0.539. The van der Waals surface area contributed by atoms with Crippen molar-refractivity contribution in [2.75, 3.05) is 18.5 Å². The molecule has 0 radical (unpaired) electrons. The fraction of sp³-hybridized carbons (Fsp3) is 0.304. The lowest BCUT2D eigenvalue weighted by atomic mass is 10.2. The number of nitrogens with zero attached hydrogens (tertiary/aromatic N) is 2. The number of rotatable bonds is 10. The molecule has 3 rings (SSSR count). The number of hydrogen-bond donors (Lipinski definition) is 1. The largest absolute Gasteiger partial charge is 0.490 e. The van der Waals surface area contributed by atoms with E-state index in [0.29, 0.717) is 42.5 Å². The smallest absolute Gasteiger partial charge is 0.255 e. The van der Waals surface area contributed by atoms with Gasteiger partial charge in [-0.15, -0.1) is 0 Å². The zero-order valence-corrected chi connectivity index (χ0v) is 16.9. The van der Waals surface area contributed by atoms with E-state index in [1.165, 1.54) is 0 Å². The molecule has 0 aliphatic carbocycles.